The molecule has 0 fully saturated rings. The highest BCUT2D eigenvalue weighted by Gasteiger charge is 2.22. The van der Waals surface area contributed by atoms with Gasteiger partial charge in [0, 0.05) is 17.9 Å². The number of halogens is 2. The molecule has 0 aliphatic rings. The van der Waals surface area contributed by atoms with Crippen LogP contribution in [0.3, 0.4) is 0 Å². The average Bonchev–Trinajstić information content (AvgIpc) is 2.67. The lowest BCUT2D eigenvalue weighted by atomic mass is 10.1. The van der Waals surface area contributed by atoms with Crippen molar-refractivity contribution in [1.82, 2.24) is 5.32 Å². The smallest absolute Gasteiger partial charge is 0.328 e. The number of nitrogens with one attached hydrogen (secondary N) is 1. The van der Waals surface area contributed by atoms with Crippen LogP contribution in [0, 0.1) is 0 Å². The Kier molecular flexibility index (Phi) is 9.11. The van der Waals surface area contributed by atoms with Crippen LogP contribution in [0.1, 0.15) is 25.3 Å². The summed E-state index contributed by atoms with van der Waals surface area (Å²) in [5.41, 5.74) is 0.946. The number of rotatable bonds is 10. The van der Waals surface area contributed by atoms with Gasteiger partial charge in [-0.1, -0.05) is 53.5 Å². The van der Waals surface area contributed by atoms with Crippen molar-refractivity contribution in [3.05, 3.63) is 64.1 Å². The van der Waals surface area contributed by atoms with E-state index in [1.54, 1.807) is 25.1 Å². The van der Waals surface area contributed by atoms with Gasteiger partial charge >= 0.3 is 5.97 Å². The first-order valence-corrected chi connectivity index (χ1v) is 9.83. The molecule has 28 heavy (non-hydrogen) atoms. The quantitative estimate of drug-likeness (QED) is 0.452. The van der Waals surface area contributed by atoms with Crippen LogP contribution in [0.4, 0.5) is 0 Å². The third kappa shape index (κ3) is 7.41. The summed E-state index contributed by atoms with van der Waals surface area (Å²) in [4.78, 5) is 24.4. The molecule has 2 rings (SSSR count). The molecule has 150 valence electrons. The Bertz CT molecular complexity index is 783. The Labute approximate surface area is 174 Å². The van der Waals surface area contributed by atoms with Gasteiger partial charge in [0.2, 0.25) is 5.91 Å². The van der Waals surface area contributed by atoms with E-state index in [2.05, 4.69) is 5.32 Å². The molecule has 0 saturated carbocycles. The number of hydrogen-bond donors (Lipinski definition) is 1. The first kappa shape index (κ1) is 22.1. The molecule has 0 aromatic heterocycles. The van der Waals surface area contributed by atoms with Gasteiger partial charge in [-0.3, -0.25) is 4.79 Å². The minimum absolute atomic E-state index is 0.218. The molecule has 1 amide bonds. The Morgan fingerprint density at radius 3 is 2.54 bits per heavy atom. The number of carbonyl (C=O) groups excluding carboxylic acids is 2. The highest BCUT2D eigenvalue weighted by atomic mass is 35.5. The van der Waals surface area contributed by atoms with Crippen LogP contribution in [0.15, 0.2) is 48.5 Å². The largest absolute Gasteiger partial charge is 0.492 e. The molecule has 5 nitrogen and oxygen atoms in total. The zero-order chi connectivity index (χ0) is 20.4. The first-order chi connectivity index (χ1) is 13.5. The average molecular weight is 424 g/mol. The van der Waals surface area contributed by atoms with Crippen molar-refractivity contribution in [1.29, 1.82) is 0 Å². The summed E-state index contributed by atoms with van der Waals surface area (Å²) in [6.07, 6.45) is 1.07. The van der Waals surface area contributed by atoms with Crippen molar-refractivity contribution in [3.63, 3.8) is 0 Å². The maximum atomic E-state index is 12.3. The fourth-order valence-corrected chi connectivity index (χ4v) is 3.02. The molecule has 0 bridgehead atoms. The Balaban J connectivity index is 1.82. The maximum Gasteiger partial charge on any atom is 0.328 e. The van der Waals surface area contributed by atoms with Gasteiger partial charge < -0.3 is 14.8 Å². The fraction of sp³-hybridized carbons (Fsp3) is 0.333. The molecule has 2 aromatic rings. The second kappa shape index (κ2) is 11.6. The second-order valence-electron chi connectivity index (χ2n) is 6.09. The van der Waals surface area contributed by atoms with Crippen molar-refractivity contribution < 1.29 is 19.1 Å². The van der Waals surface area contributed by atoms with Crippen molar-refractivity contribution in [2.45, 2.75) is 32.2 Å². The van der Waals surface area contributed by atoms with E-state index in [1.807, 2.05) is 30.3 Å². The van der Waals surface area contributed by atoms with Gasteiger partial charge in [-0.15, -0.1) is 0 Å². The molecular formula is C21H23Cl2NO4. The maximum absolute atomic E-state index is 12.3. The summed E-state index contributed by atoms with van der Waals surface area (Å²) in [6.45, 7) is 2.31. The van der Waals surface area contributed by atoms with Crippen LogP contribution >= 0.6 is 23.2 Å². The van der Waals surface area contributed by atoms with Gasteiger partial charge in [0.1, 0.15) is 11.8 Å². The number of ether oxygens (including phenoxy) is 2. The fourth-order valence-electron chi connectivity index (χ4n) is 2.56. The van der Waals surface area contributed by atoms with Gasteiger partial charge in [0.15, 0.2) is 0 Å². The van der Waals surface area contributed by atoms with Crippen LogP contribution in [-0.2, 0) is 20.7 Å². The molecule has 0 saturated heterocycles. The van der Waals surface area contributed by atoms with E-state index in [0.717, 1.165) is 5.56 Å². The third-order valence-corrected chi connectivity index (χ3v) is 4.42. The topological polar surface area (TPSA) is 64.6 Å². The van der Waals surface area contributed by atoms with Crippen molar-refractivity contribution in [2.75, 3.05) is 13.2 Å². The molecule has 0 aliphatic heterocycles. The van der Waals surface area contributed by atoms with Crippen molar-refractivity contribution in [2.24, 2.45) is 0 Å². The van der Waals surface area contributed by atoms with Crippen LogP contribution < -0.4 is 10.1 Å². The standard InChI is InChI=1S/C21H23Cl2NO4/c1-2-27-21(26)18(13-15-7-4-3-5-8-15)24-20(25)9-6-12-28-19-11-10-16(22)14-17(19)23/h3-5,7-8,10-11,14,18H,2,6,9,12-13H2,1H3,(H,24,25). The lowest BCUT2D eigenvalue weighted by molar-refractivity contribution is -0.147. The summed E-state index contributed by atoms with van der Waals surface area (Å²) < 4.78 is 10.6. The summed E-state index contributed by atoms with van der Waals surface area (Å²) >= 11 is 11.9. The van der Waals surface area contributed by atoms with E-state index >= 15 is 0 Å². The molecule has 1 atom stereocenters. The van der Waals surface area contributed by atoms with Gasteiger partial charge in [0.05, 0.1) is 18.2 Å². The summed E-state index contributed by atoms with van der Waals surface area (Å²) in [6, 6.07) is 13.7. The van der Waals surface area contributed by atoms with E-state index in [9.17, 15) is 9.59 Å². The van der Waals surface area contributed by atoms with Crippen molar-refractivity contribution in [3.8, 4) is 5.75 Å². The first-order valence-electron chi connectivity index (χ1n) is 9.07. The van der Waals surface area contributed by atoms with Crippen LogP contribution in [0.25, 0.3) is 0 Å². The molecule has 0 heterocycles. The second-order valence-corrected chi connectivity index (χ2v) is 6.93. The lowest BCUT2D eigenvalue weighted by Gasteiger charge is -2.17. The normalized spacial score (nSPS) is 11.5. The van der Waals surface area contributed by atoms with Crippen molar-refractivity contribution >= 4 is 35.1 Å². The molecule has 7 heteroatoms. The summed E-state index contributed by atoms with van der Waals surface area (Å²) in [5.74, 6) is -0.163. The van der Waals surface area contributed by atoms with Gasteiger partial charge in [-0.05, 0) is 37.1 Å². The number of hydrogen-bond acceptors (Lipinski definition) is 4. The molecule has 0 aliphatic carbocycles. The molecule has 0 spiro atoms. The van der Waals surface area contributed by atoms with E-state index in [4.69, 9.17) is 32.7 Å². The summed E-state index contributed by atoms with van der Waals surface area (Å²) in [7, 11) is 0. The van der Waals surface area contributed by atoms with E-state index in [1.165, 1.54) is 0 Å². The number of amides is 1. The van der Waals surface area contributed by atoms with E-state index < -0.39 is 12.0 Å². The van der Waals surface area contributed by atoms with Gasteiger partial charge in [-0.2, -0.15) is 0 Å². The summed E-state index contributed by atoms with van der Waals surface area (Å²) in [5, 5.41) is 3.70. The Hall–Kier alpha value is -2.24. The number of esters is 1. The SMILES string of the molecule is CCOC(=O)C(Cc1ccccc1)NC(=O)CCCOc1ccc(Cl)cc1Cl. The minimum atomic E-state index is -0.721. The zero-order valence-corrected chi connectivity index (χ0v) is 17.1. The molecule has 2 aromatic carbocycles. The predicted molar refractivity (Wildman–Crippen MR) is 110 cm³/mol. The number of benzene rings is 2. The molecule has 1 N–H and O–H groups in total. The minimum Gasteiger partial charge on any atom is -0.492 e. The molecule has 0 radical (unpaired) electrons. The third-order valence-electron chi connectivity index (χ3n) is 3.89. The molecular weight excluding hydrogens is 401 g/mol. The highest BCUT2D eigenvalue weighted by molar-refractivity contribution is 6.35. The molecule has 1 unspecified atom stereocenters. The van der Waals surface area contributed by atoms with Crippen LogP contribution in [-0.4, -0.2) is 31.1 Å². The Morgan fingerprint density at radius 1 is 1.11 bits per heavy atom. The van der Waals surface area contributed by atoms with Gasteiger partial charge in [0.25, 0.3) is 0 Å². The van der Waals surface area contributed by atoms with Crippen LogP contribution in [0.5, 0.6) is 5.75 Å². The van der Waals surface area contributed by atoms with E-state index in [0.29, 0.717) is 35.2 Å². The number of carbonyl (C=O) groups is 2. The predicted octanol–water partition coefficient (Wildman–Crippen LogP) is 4.44. The van der Waals surface area contributed by atoms with Crippen LogP contribution in [0.2, 0.25) is 10.0 Å². The monoisotopic (exact) mass is 423 g/mol. The zero-order valence-electron chi connectivity index (χ0n) is 15.6. The Morgan fingerprint density at radius 2 is 1.86 bits per heavy atom. The van der Waals surface area contributed by atoms with E-state index in [-0.39, 0.29) is 18.9 Å². The lowest BCUT2D eigenvalue weighted by Crippen LogP contribution is -2.43. The van der Waals surface area contributed by atoms with Gasteiger partial charge in [-0.25, -0.2) is 4.79 Å². The highest BCUT2D eigenvalue weighted by Crippen LogP contribution is 2.27.